The van der Waals surface area contributed by atoms with Crippen molar-refractivity contribution < 1.29 is 4.79 Å². The van der Waals surface area contributed by atoms with Gasteiger partial charge in [0.05, 0.1) is 4.88 Å². The van der Waals surface area contributed by atoms with Gasteiger partial charge in [0.2, 0.25) is 5.91 Å². The number of nitrogens with two attached hydrogens (primary N) is 1. The van der Waals surface area contributed by atoms with E-state index < -0.39 is 0 Å². The molecule has 0 aromatic carbocycles. The molecule has 3 heterocycles. The molecule has 120 valence electrons. The molecule has 0 aliphatic rings. The number of thiophene rings is 2. The molecular formula is C15H16N4OS3. The van der Waals surface area contributed by atoms with Crippen LogP contribution in [0.1, 0.15) is 11.3 Å². The topological polar surface area (TPSA) is 73.8 Å². The maximum atomic E-state index is 11.1. The highest BCUT2D eigenvalue weighted by Gasteiger charge is 2.15. The molecule has 0 saturated carbocycles. The SMILES string of the molecule is NC(=O)CCn1c(SCCc2cccs2)nnc1-c1cccs1. The first-order valence-corrected chi connectivity index (χ1v) is 9.89. The van der Waals surface area contributed by atoms with Crippen LogP contribution in [0.15, 0.2) is 40.2 Å². The average molecular weight is 365 g/mol. The Bertz CT molecular complexity index is 750. The van der Waals surface area contributed by atoms with Gasteiger partial charge in [-0.25, -0.2) is 0 Å². The van der Waals surface area contributed by atoms with Gasteiger partial charge in [-0.1, -0.05) is 23.9 Å². The van der Waals surface area contributed by atoms with Crippen molar-refractivity contribution in [1.82, 2.24) is 14.8 Å². The molecule has 0 aliphatic carbocycles. The summed E-state index contributed by atoms with van der Waals surface area (Å²) in [5, 5.41) is 13.5. The highest BCUT2D eigenvalue weighted by atomic mass is 32.2. The molecule has 0 aliphatic heterocycles. The lowest BCUT2D eigenvalue weighted by Gasteiger charge is -2.08. The minimum atomic E-state index is -0.314. The zero-order valence-electron chi connectivity index (χ0n) is 12.3. The smallest absolute Gasteiger partial charge is 0.219 e. The first-order valence-electron chi connectivity index (χ1n) is 7.14. The predicted octanol–water partition coefficient (Wildman–Crippen LogP) is 3.28. The molecule has 8 heteroatoms. The van der Waals surface area contributed by atoms with Crippen LogP contribution in [-0.4, -0.2) is 26.4 Å². The van der Waals surface area contributed by atoms with Gasteiger partial charge in [0.1, 0.15) is 0 Å². The normalized spacial score (nSPS) is 11.0. The Morgan fingerprint density at radius 3 is 2.74 bits per heavy atom. The van der Waals surface area contributed by atoms with Crippen molar-refractivity contribution in [1.29, 1.82) is 0 Å². The number of amides is 1. The first kappa shape index (κ1) is 16.2. The number of aromatic nitrogens is 3. The lowest BCUT2D eigenvalue weighted by Crippen LogP contribution is -2.15. The van der Waals surface area contributed by atoms with Crippen LogP contribution >= 0.6 is 34.4 Å². The van der Waals surface area contributed by atoms with E-state index in [1.54, 1.807) is 34.4 Å². The summed E-state index contributed by atoms with van der Waals surface area (Å²) in [5.74, 6) is 1.42. The number of thioether (sulfide) groups is 1. The molecule has 5 nitrogen and oxygen atoms in total. The van der Waals surface area contributed by atoms with E-state index in [4.69, 9.17) is 5.73 Å². The third-order valence-corrected chi connectivity index (χ3v) is 5.97. The van der Waals surface area contributed by atoms with Crippen LogP contribution in [0.2, 0.25) is 0 Å². The van der Waals surface area contributed by atoms with Crippen LogP contribution in [0, 0.1) is 0 Å². The molecule has 0 unspecified atom stereocenters. The third kappa shape index (κ3) is 4.21. The number of carbonyl (C=O) groups is 1. The quantitative estimate of drug-likeness (QED) is 0.623. The Morgan fingerprint density at radius 1 is 1.22 bits per heavy atom. The molecule has 2 N–H and O–H groups in total. The van der Waals surface area contributed by atoms with Gasteiger partial charge in [-0.05, 0) is 29.3 Å². The van der Waals surface area contributed by atoms with Crippen molar-refractivity contribution in [2.75, 3.05) is 5.75 Å². The summed E-state index contributed by atoms with van der Waals surface area (Å²) < 4.78 is 2.00. The molecule has 0 saturated heterocycles. The summed E-state index contributed by atoms with van der Waals surface area (Å²) in [6.07, 6.45) is 1.29. The largest absolute Gasteiger partial charge is 0.370 e. The van der Waals surface area contributed by atoms with E-state index in [2.05, 4.69) is 27.7 Å². The van der Waals surface area contributed by atoms with Crippen LogP contribution in [0.25, 0.3) is 10.7 Å². The second kappa shape index (κ2) is 7.76. The monoisotopic (exact) mass is 364 g/mol. The van der Waals surface area contributed by atoms with Crippen molar-refractivity contribution >= 4 is 40.3 Å². The first-order chi connectivity index (χ1) is 11.2. The van der Waals surface area contributed by atoms with Gasteiger partial charge >= 0.3 is 0 Å². The van der Waals surface area contributed by atoms with E-state index in [1.165, 1.54) is 4.88 Å². The fourth-order valence-corrected chi connectivity index (χ4v) is 4.60. The van der Waals surface area contributed by atoms with Gasteiger partial charge in [0.15, 0.2) is 11.0 Å². The van der Waals surface area contributed by atoms with Crippen LogP contribution in [0.5, 0.6) is 0 Å². The lowest BCUT2D eigenvalue weighted by molar-refractivity contribution is -0.118. The third-order valence-electron chi connectivity index (χ3n) is 3.20. The number of rotatable bonds is 8. The standard InChI is InChI=1S/C15H16N4OS3/c16-13(20)5-7-19-14(12-4-2-9-22-12)17-18-15(19)23-10-6-11-3-1-8-21-11/h1-4,8-9H,5-7,10H2,(H2,16,20). The van der Waals surface area contributed by atoms with Crippen molar-refractivity contribution in [3.05, 3.63) is 39.9 Å². The fourth-order valence-electron chi connectivity index (χ4n) is 2.10. The maximum Gasteiger partial charge on any atom is 0.219 e. The highest BCUT2D eigenvalue weighted by molar-refractivity contribution is 7.99. The second-order valence-electron chi connectivity index (χ2n) is 4.83. The van der Waals surface area contributed by atoms with Gasteiger partial charge in [0.25, 0.3) is 0 Å². The van der Waals surface area contributed by atoms with E-state index in [9.17, 15) is 4.79 Å². The van der Waals surface area contributed by atoms with E-state index in [-0.39, 0.29) is 12.3 Å². The van der Waals surface area contributed by atoms with Gasteiger partial charge < -0.3 is 10.3 Å². The Hall–Kier alpha value is -1.64. The van der Waals surface area contributed by atoms with Crippen molar-refractivity contribution in [3.8, 4) is 10.7 Å². The molecule has 23 heavy (non-hydrogen) atoms. The number of hydrogen-bond acceptors (Lipinski definition) is 6. The number of primary amides is 1. The number of carbonyl (C=O) groups excluding carboxylic acids is 1. The van der Waals surface area contributed by atoms with Gasteiger partial charge in [-0.15, -0.1) is 32.9 Å². The lowest BCUT2D eigenvalue weighted by atomic mass is 10.4. The van der Waals surface area contributed by atoms with Gasteiger partial charge in [-0.2, -0.15) is 0 Å². The summed E-state index contributed by atoms with van der Waals surface area (Å²) in [5.41, 5.74) is 5.30. The van der Waals surface area contributed by atoms with Crippen LogP contribution in [-0.2, 0) is 17.8 Å². The summed E-state index contributed by atoms with van der Waals surface area (Å²) >= 11 is 5.04. The molecule has 3 aromatic rings. The molecule has 1 amide bonds. The Labute approximate surface area is 146 Å². The minimum Gasteiger partial charge on any atom is -0.370 e. The van der Waals surface area contributed by atoms with Crippen molar-refractivity contribution in [2.24, 2.45) is 5.73 Å². The van der Waals surface area contributed by atoms with Crippen LogP contribution in [0.4, 0.5) is 0 Å². The maximum absolute atomic E-state index is 11.1. The number of aryl methyl sites for hydroxylation is 1. The average Bonchev–Trinajstić information content (AvgIpc) is 3.27. The molecule has 3 aromatic heterocycles. The van der Waals surface area contributed by atoms with E-state index in [0.717, 1.165) is 28.0 Å². The molecule has 0 atom stereocenters. The molecule has 3 rings (SSSR count). The molecule has 0 spiro atoms. The molecule has 0 bridgehead atoms. The zero-order valence-corrected chi connectivity index (χ0v) is 14.8. The van der Waals surface area contributed by atoms with E-state index in [0.29, 0.717) is 6.54 Å². The fraction of sp³-hybridized carbons (Fsp3) is 0.267. The van der Waals surface area contributed by atoms with Gasteiger partial charge in [-0.3, -0.25) is 4.79 Å². The number of nitrogens with zero attached hydrogens (tertiary/aromatic N) is 3. The van der Waals surface area contributed by atoms with Crippen LogP contribution < -0.4 is 5.73 Å². The van der Waals surface area contributed by atoms with E-state index >= 15 is 0 Å². The summed E-state index contributed by atoms with van der Waals surface area (Å²) in [7, 11) is 0. The summed E-state index contributed by atoms with van der Waals surface area (Å²) in [4.78, 5) is 13.5. The van der Waals surface area contributed by atoms with Crippen molar-refractivity contribution in [3.63, 3.8) is 0 Å². The molecule has 0 fully saturated rings. The van der Waals surface area contributed by atoms with E-state index in [1.807, 2.05) is 22.1 Å². The highest BCUT2D eigenvalue weighted by Crippen LogP contribution is 2.28. The minimum absolute atomic E-state index is 0.287. The zero-order chi connectivity index (χ0) is 16.1. The molecule has 0 radical (unpaired) electrons. The van der Waals surface area contributed by atoms with Crippen LogP contribution in [0.3, 0.4) is 0 Å². The molecular weight excluding hydrogens is 348 g/mol. The number of hydrogen-bond donors (Lipinski definition) is 1. The summed E-state index contributed by atoms with van der Waals surface area (Å²) in [6, 6.07) is 8.20. The van der Waals surface area contributed by atoms with Crippen molar-refractivity contribution in [2.45, 2.75) is 24.5 Å². The predicted molar refractivity (Wildman–Crippen MR) is 95.9 cm³/mol. The second-order valence-corrected chi connectivity index (χ2v) is 7.87. The summed E-state index contributed by atoms with van der Waals surface area (Å²) in [6.45, 7) is 0.511. The van der Waals surface area contributed by atoms with Gasteiger partial charge in [0, 0.05) is 23.6 Å². The Morgan fingerprint density at radius 2 is 2.04 bits per heavy atom. The Balaban J connectivity index is 1.74. The Kier molecular flexibility index (Phi) is 5.47.